The maximum atomic E-state index is 13.7. The van der Waals surface area contributed by atoms with E-state index >= 15 is 0 Å². The molecule has 1 fully saturated rings. The van der Waals surface area contributed by atoms with E-state index in [4.69, 9.17) is 0 Å². The molecule has 7 rings (SSSR count). The second-order valence-corrected chi connectivity index (χ2v) is 38.1. The number of hydrogen-bond donors (Lipinski definition) is 0. The molecule has 39 heavy (non-hydrogen) atoms. The van der Waals surface area contributed by atoms with Crippen molar-refractivity contribution in [3.63, 3.8) is 0 Å². The molecule has 0 saturated heterocycles. The van der Waals surface area contributed by atoms with Crippen LogP contribution in [-0.2, 0) is 18.0 Å². The van der Waals surface area contributed by atoms with Crippen molar-refractivity contribution >= 4 is 15.4 Å². The summed E-state index contributed by atoms with van der Waals surface area (Å²) >= 11 is -3.92. The summed E-state index contributed by atoms with van der Waals surface area (Å²) in [7, 11) is 0. The second-order valence-electron chi connectivity index (χ2n) is 12.4. The summed E-state index contributed by atoms with van der Waals surface area (Å²) in [4.78, 5) is 0. The average molecular weight is 681 g/mol. The van der Waals surface area contributed by atoms with Gasteiger partial charge in [-0.1, -0.05) is 0 Å². The first-order valence-electron chi connectivity index (χ1n) is 14.0. The first kappa shape index (κ1) is 25.0. The van der Waals surface area contributed by atoms with Gasteiger partial charge in [0.1, 0.15) is 0 Å². The molecule has 0 aliphatic heterocycles. The van der Waals surface area contributed by atoms with Crippen LogP contribution in [0.25, 0.3) is 34.4 Å². The Morgan fingerprint density at radius 1 is 0.590 bits per heavy atom. The summed E-state index contributed by atoms with van der Waals surface area (Å²) in [6.45, 7) is 0. The SMILES string of the molecule is [CH3][Hf]([CH3])(=[C]1CCC1)([CH]1C=Cc2c(-c3ccc(F)cc3)cccc21)[CH]1C=Cc2c(-c3ccc(F)cc3)cccc21. The molecule has 2 unspecified atom stereocenters. The summed E-state index contributed by atoms with van der Waals surface area (Å²) in [5.41, 5.74) is 9.96. The van der Waals surface area contributed by atoms with Gasteiger partial charge in [0.25, 0.3) is 0 Å². The summed E-state index contributed by atoms with van der Waals surface area (Å²) < 4.78 is 35.5. The third-order valence-corrected chi connectivity index (χ3v) is 37.3. The quantitative estimate of drug-likeness (QED) is 0.188. The van der Waals surface area contributed by atoms with Crippen LogP contribution in [-0.4, -0.2) is 3.26 Å². The summed E-state index contributed by atoms with van der Waals surface area (Å²) in [6, 6.07) is 27.2. The standard InChI is InChI=1S/2C15H10F.C4H6.2CH3.Hf/c2*16-13-9-7-12(8-10-13)15-6-2-4-11-3-1-5-14(11)15;1-2-4-3-1;;;/h2*1-10H;1-3H2;2*1H3;. The molecule has 0 aromatic heterocycles. The van der Waals surface area contributed by atoms with E-state index in [1.54, 1.807) is 24.3 Å². The maximum absolute atomic E-state index is 13.7. The minimum atomic E-state index is -3.92. The molecular weight excluding hydrogens is 649 g/mol. The Kier molecular flexibility index (Phi) is 5.76. The fourth-order valence-corrected chi connectivity index (χ4v) is 32.9. The molecule has 0 heterocycles. The minimum absolute atomic E-state index is 0.204. The van der Waals surface area contributed by atoms with Gasteiger partial charge in [-0.15, -0.1) is 0 Å². The van der Waals surface area contributed by atoms with Crippen LogP contribution in [0.2, 0.25) is 9.36 Å². The number of rotatable bonds is 4. The van der Waals surface area contributed by atoms with Gasteiger partial charge >= 0.3 is 231 Å². The van der Waals surface area contributed by atoms with Gasteiger partial charge in [-0.2, -0.15) is 0 Å². The average Bonchev–Trinajstić information content (AvgIpc) is 3.54. The van der Waals surface area contributed by atoms with Crippen LogP contribution in [0.1, 0.15) is 48.9 Å². The van der Waals surface area contributed by atoms with Crippen LogP contribution in [0.15, 0.2) is 97.1 Å². The zero-order chi connectivity index (χ0) is 26.8. The number of allylic oxidation sites excluding steroid dienone is 2. The fraction of sp³-hybridized carbons (Fsp3) is 0.194. The predicted octanol–water partition coefficient (Wildman–Crippen LogP) is 10.3. The normalized spacial score (nSPS) is 19.7. The third-order valence-electron chi connectivity index (χ3n) is 10.2. The van der Waals surface area contributed by atoms with Crippen molar-refractivity contribution in [1.82, 2.24) is 0 Å². The summed E-state index contributed by atoms with van der Waals surface area (Å²) in [6.07, 6.45) is 13.5. The molecule has 4 aromatic rings. The van der Waals surface area contributed by atoms with Gasteiger partial charge in [0, 0.05) is 0 Å². The van der Waals surface area contributed by atoms with E-state index in [9.17, 15) is 8.78 Å². The van der Waals surface area contributed by atoms with E-state index in [0.29, 0.717) is 7.35 Å². The molecule has 0 spiro atoms. The Morgan fingerprint density at radius 2 is 1.03 bits per heavy atom. The van der Waals surface area contributed by atoms with Crippen LogP contribution >= 0.6 is 0 Å². The molecule has 0 bridgehead atoms. The summed E-state index contributed by atoms with van der Waals surface area (Å²) in [5.74, 6) is -0.408. The molecule has 0 N–H and O–H groups in total. The Hall–Kier alpha value is -3.04. The number of hydrogen-bond acceptors (Lipinski definition) is 0. The number of benzene rings is 4. The number of halogens is 2. The zero-order valence-electron chi connectivity index (χ0n) is 22.4. The van der Waals surface area contributed by atoms with E-state index in [2.05, 4.69) is 70.1 Å². The first-order valence-corrected chi connectivity index (χ1v) is 27.2. The van der Waals surface area contributed by atoms with E-state index in [-0.39, 0.29) is 11.6 Å². The van der Waals surface area contributed by atoms with E-state index < -0.39 is 18.0 Å². The van der Waals surface area contributed by atoms with Gasteiger partial charge in [-0.3, -0.25) is 0 Å². The van der Waals surface area contributed by atoms with Crippen LogP contribution < -0.4 is 0 Å². The van der Waals surface area contributed by atoms with E-state index in [1.165, 1.54) is 52.6 Å². The van der Waals surface area contributed by atoms with Crippen molar-refractivity contribution in [2.24, 2.45) is 0 Å². The van der Waals surface area contributed by atoms with Gasteiger partial charge < -0.3 is 0 Å². The molecule has 194 valence electrons. The Morgan fingerprint density at radius 3 is 1.41 bits per heavy atom. The van der Waals surface area contributed by atoms with Crippen molar-refractivity contribution in [3.8, 4) is 22.3 Å². The van der Waals surface area contributed by atoms with E-state index in [1.807, 2.05) is 27.5 Å². The van der Waals surface area contributed by atoms with Gasteiger partial charge in [0.2, 0.25) is 0 Å². The van der Waals surface area contributed by atoms with E-state index in [0.717, 1.165) is 11.1 Å². The van der Waals surface area contributed by atoms with Crippen molar-refractivity contribution < 1.29 is 26.8 Å². The van der Waals surface area contributed by atoms with Crippen molar-refractivity contribution in [2.75, 3.05) is 0 Å². The second kappa shape index (κ2) is 8.99. The van der Waals surface area contributed by atoms with Crippen LogP contribution in [0, 0.1) is 11.6 Å². The van der Waals surface area contributed by atoms with Crippen molar-refractivity contribution in [3.05, 3.63) is 131 Å². The Balaban J connectivity index is 1.39. The molecule has 2 atom stereocenters. The van der Waals surface area contributed by atoms with Gasteiger partial charge in [0.15, 0.2) is 0 Å². The predicted molar refractivity (Wildman–Crippen MR) is 158 cm³/mol. The van der Waals surface area contributed by atoms with Gasteiger partial charge in [-0.25, -0.2) is 0 Å². The van der Waals surface area contributed by atoms with Gasteiger partial charge in [-0.05, 0) is 0 Å². The molecule has 4 aromatic carbocycles. The molecule has 3 aliphatic carbocycles. The molecular formula is C36H32F2Hf. The molecule has 0 radical (unpaired) electrons. The topological polar surface area (TPSA) is 0 Å². The number of fused-ring (bicyclic) bond motifs is 2. The Bertz CT molecular complexity index is 1620. The molecule has 3 heteroatoms. The molecule has 0 nitrogen and oxygen atoms in total. The monoisotopic (exact) mass is 682 g/mol. The van der Waals surface area contributed by atoms with Crippen molar-refractivity contribution in [2.45, 2.75) is 36.0 Å². The van der Waals surface area contributed by atoms with Crippen LogP contribution in [0.5, 0.6) is 0 Å². The Labute approximate surface area is 230 Å². The third kappa shape index (κ3) is 3.73. The van der Waals surface area contributed by atoms with Crippen molar-refractivity contribution in [1.29, 1.82) is 0 Å². The summed E-state index contributed by atoms with van der Waals surface area (Å²) in [5, 5.41) is 0. The van der Waals surface area contributed by atoms with Gasteiger partial charge in [0.05, 0.1) is 0 Å². The molecule has 1 saturated carbocycles. The van der Waals surface area contributed by atoms with Crippen LogP contribution in [0.4, 0.5) is 8.78 Å². The molecule has 0 amide bonds. The first-order chi connectivity index (χ1) is 18.8. The zero-order valence-corrected chi connectivity index (χ0v) is 26.0. The fourth-order valence-electron chi connectivity index (χ4n) is 7.76. The van der Waals surface area contributed by atoms with Crippen LogP contribution in [0.3, 0.4) is 0 Å². The molecule has 3 aliphatic rings.